The summed E-state index contributed by atoms with van der Waals surface area (Å²) in [4.78, 5) is 6.43. The molecule has 0 aliphatic carbocycles. The predicted molar refractivity (Wildman–Crippen MR) is 77.4 cm³/mol. The standard InChI is InChI=1S/C14H22ClN3/c1-11(2)18(10-12-5-3-4-7-17-12)14-6-8-16-9-13(14)15/h6,8-9,11-12,17H,3-5,7,10H2,1-2H3. The third kappa shape index (κ3) is 3.36. The average Bonchev–Trinajstić information content (AvgIpc) is 2.38. The summed E-state index contributed by atoms with van der Waals surface area (Å²) in [7, 11) is 0. The van der Waals surface area contributed by atoms with E-state index in [9.17, 15) is 0 Å². The van der Waals surface area contributed by atoms with Gasteiger partial charge in [0.05, 0.1) is 10.7 Å². The topological polar surface area (TPSA) is 28.2 Å². The maximum atomic E-state index is 6.26. The fourth-order valence-electron chi connectivity index (χ4n) is 2.51. The van der Waals surface area contributed by atoms with E-state index in [1.165, 1.54) is 19.3 Å². The second-order valence-electron chi connectivity index (χ2n) is 5.22. The number of anilines is 1. The molecule has 3 nitrogen and oxygen atoms in total. The summed E-state index contributed by atoms with van der Waals surface area (Å²) >= 11 is 6.26. The first-order valence-electron chi connectivity index (χ1n) is 6.78. The Morgan fingerprint density at radius 3 is 2.94 bits per heavy atom. The van der Waals surface area contributed by atoms with Crippen molar-refractivity contribution in [1.29, 1.82) is 0 Å². The number of hydrogen-bond acceptors (Lipinski definition) is 3. The van der Waals surface area contributed by atoms with Crippen LogP contribution in [0.15, 0.2) is 18.5 Å². The molecule has 18 heavy (non-hydrogen) atoms. The zero-order chi connectivity index (χ0) is 13.0. The van der Waals surface area contributed by atoms with Crippen LogP contribution in [0.25, 0.3) is 0 Å². The third-order valence-corrected chi connectivity index (χ3v) is 3.80. The number of hydrogen-bond donors (Lipinski definition) is 1. The summed E-state index contributed by atoms with van der Waals surface area (Å²) in [5, 5.41) is 4.33. The van der Waals surface area contributed by atoms with Gasteiger partial charge < -0.3 is 10.2 Å². The molecular weight excluding hydrogens is 246 g/mol. The molecule has 100 valence electrons. The number of halogens is 1. The van der Waals surface area contributed by atoms with Gasteiger partial charge in [0.25, 0.3) is 0 Å². The lowest BCUT2D eigenvalue weighted by Crippen LogP contribution is -2.46. The molecule has 0 amide bonds. The Bertz CT molecular complexity index is 375. The highest BCUT2D eigenvalue weighted by atomic mass is 35.5. The van der Waals surface area contributed by atoms with Crippen molar-refractivity contribution in [2.45, 2.75) is 45.2 Å². The number of aromatic nitrogens is 1. The molecule has 2 rings (SSSR count). The fraction of sp³-hybridized carbons (Fsp3) is 0.643. The highest BCUT2D eigenvalue weighted by molar-refractivity contribution is 6.33. The molecule has 1 saturated heterocycles. The van der Waals surface area contributed by atoms with Gasteiger partial charge in [-0.05, 0) is 39.3 Å². The summed E-state index contributed by atoms with van der Waals surface area (Å²) in [5.41, 5.74) is 1.09. The van der Waals surface area contributed by atoms with Crippen LogP contribution in [0.3, 0.4) is 0 Å². The minimum absolute atomic E-state index is 0.439. The van der Waals surface area contributed by atoms with Gasteiger partial charge in [-0.15, -0.1) is 0 Å². The van der Waals surface area contributed by atoms with Crippen LogP contribution in [0.2, 0.25) is 5.02 Å². The summed E-state index contributed by atoms with van der Waals surface area (Å²) < 4.78 is 0. The van der Waals surface area contributed by atoms with Crippen LogP contribution in [-0.2, 0) is 0 Å². The SMILES string of the molecule is CC(C)N(CC1CCCCN1)c1ccncc1Cl. The van der Waals surface area contributed by atoms with Crippen molar-refractivity contribution in [3.05, 3.63) is 23.5 Å². The normalized spacial score (nSPS) is 20.1. The number of piperidine rings is 1. The van der Waals surface area contributed by atoms with Crippen LogP contribution in [0, 0.1) is 0 Å². The van der Waals surface area contributed by atoms with Gasteiger partial charge >= 0.3 is 0 Å². The van der Waals surface area contributed by atoms with E-state index in [1.54, 1.807) is 6.20 Å². The van der Waals surface area contributed by atoms with Crippen molar-refractivity contribution in [3.8, 4) is 0 Å². The first kappa shape index (κ1) is 13.6. The minimum Gasteiger partial charge on any atom is -0.366 e. The van der Waals surface area contributed by atoms with Crippen LogP contribution < -0.4 is 10.2 Å². The van der Waals surface area contributed by atoms with Gasteiger partial charge in [-0.3, -0.25) is 4.98 Å². The quantitative estimate of drug-likeness (QED) is 0.909. The first-order valence-corrected chi connectivity index (χ1v) is 7.16. The number of pyridine rings is 1. The lowest BCUT2D eigenvalue weighted by Gasteiger charge is -2.35. The molecule has 1 aromatic rings. The van der Waals surface area contributed by atoms with E-state index in [-0.39, 0.29) is 0 Å². The summed E-state index contributed by atoms with van der Waals surface area (Å²) in [6.45, 7) is 6.57. The van der Waals surface area contributed by atoms with Crippen molar-refractivity contribution < 1.29 is 0 Å². The molecule has 0 saturated carbocycles. The number of rotatable bonds is 4. The lowest BCUT2D eigenvalue weighted by atomic mass is 10.0. The summed E-state index contributed by atoms with van der Waals surface area (Å²) in [6.07, 6.45) is 7.42. The van der Waals surface area contributed by atoms with Crippen molar-refractivity contribution in [3.63, 3.8) is 0 Å². The average molecular weight is 268 g/mol. The molecule has 2 heterocycles. The van der Waals surface area contributed by atoms with Gasteiger partial charge in [-0.1, -0.05) is 18.0 Å². The second-order valence-corrected chi connectivity index (χ2v) is 5.63. The van der Waals surface area contributed by atoms with E-state index in [0.717, 1.165) is 23.8 Å². The summed E-state index contributed by atoms with van der Waals surface area (Å²) in [6, 6.07) is 3.02. The van der Waals surface area contributed by atoms with Crippen molar-refractivity contribution in [2.75, 3.05) is 18.0 Å². The fourth-order valence-corrected chi connectivity index (χ4v) is 2.73. The van der Waals surface area contributed by atoms with Gasteiger partial charge in [-0.25, -0.2) is 0 Å². The number of nitrogens with one attached hydrogen (secondary N) is 1. The van der Waals surface area contributed by atoms with Gasteiger partial charge in [0.1, 0.15) is 0 Å². The predicted octanol–water partition coefficient (Wildman–Crippen LogP) is 3.09. The zero-order valence-corrected chi connectivity index (χ0v) is 12.0. The molecule has 1 aliphatic rings. The zero-order valence-electron chi connectivity index (χ0n) is 11.2. The van der Waals surface area contributed by atoms with Crippen LogP contribution in [0.1, 0.15) is 33.1 Å². The van der Waals surface area contributed by atoms with E-state index in [0.29, 0.717) is 12.1 Å². The van der Waals surface area contributed by atoms with E-state index >= 15 is 0 Å². The highest BCUT2D eigenvalue weighted by Gasteiger charge is 2.20. The van der Waals surface area contributed by atoms with E-state index in [1.807, 2.05) is 12.3 Å². The van der Waals surface area contributed by atoms with Crippen molar-refractivity contribution >= 4 is 17.3 Å². The Morgan fingerprint density at radius 1 is 1.50 bits per heavy atom. The van der Waals surface area contributed by atoms with Gasteiger partial charge in [-0.2, -0.15) is 0 Å². The molecule has 1 atom stereocenters. The molecular formula is C14H22ClN3. The van der Waals surface area contributed by atoms with E-state index in [2.05, 4.69) is 29.0 Å². The van der Waals surface area contributed by atoms with E-state index < -0.39 is 0 Å². The Hall–Kier alpha value is -0.800. The second kappa shape index (κ2) is 6.39. The maximum absolute atomic E-state index is 6.26. The van der Waals surface area contributed by atoms with Crippen molar-refractivity contribution in [2.24, 2.45) is 0 Å². The monoisotopic (exact) mass is 267 g/mol. The van der Waals surface area contributed by atoms with Crippen LogP contribution in [0.5, 0.6) is 0 Å². The smallest absolute Gasteiger partial charge is 0.0822 e. The molecule has 1 fully saturated rings. The molecule has 0 aromatic carbocycles. The molecule has 1 unspecified atom stereocenters. The maximum Gasteiger partial charge on any atom is 0.0822 e. The lowest BCUT2D eigenvalue weighted by molar-refractivity contribution is 0.393. The Balaban J connectivity index is 2.10. The number of nitrogens with zero attached hydrogens (tertiary/aromatic N) is 2. The van der Waals surface area contributed by atoms with Gasteiger partial charge in [0, 0.05) is 31.0 Å². The minimum atomic E-state index is 0.439. The molecule has 0 bridgehead atoms. The third-order valence-electron chi connectivity index (χ3n) is 3.51. The van der Waals surface area contributed by atoms with Gasteiger partial charge in [0.15, 0.2) is 0 Å². The largest absolute Gasteiger partial charge is 0.366 e. The van der Waals surface area contributed by atoms with Crippen LogP contribution in [0.4, 0.5) is 5.69 Å². The molecule has 1 N–H and O–H groups in total. The van der Waals surface area contributed by atoms with E-state index in [4.69, 9.17) is 11.6 Å². The Labute approximate surface area is 115 Å². The Kier molecular flexibility index (Phi) is 4.84. The van der Waals surface area contributed by atoms with Crippen LogP contribution >= 0.6 is 11.6 Å². The molecule has 0 radical (unpaired) electrons. The van der Waals surface area contributed by atoms with Crippen LogP contribution in [-0.4, -0.2) is 30.2 Å². The summed E-state index contributed by atoms with van der Waals surface area (Å²) in [5.74, 6) is 0. The molecule has 1 aromatic heterocycles. The molecule has 4 heteroatoms. The molecule has 0 spiro atoms. The van der Waals surface area contributed by atoms with Crippen molar-refractivity contribution in [1.82, 2.24) is 10.3 Å². The highest BCUT2D eigenvalue weighted by Crippen LogP contribution is 2.26. The Morgan fingerprint density at radius 2 is 2.33 bits per heavy atom. The first-order chi connectivity index (χ1) is 8.68. The van der Waals surface area contributed by atoms with Gasteiger partial charge in [0.2, 0.25) is 0 Å². The molecule has 1 aliphatic heterocycles.